The minimum Gasteiger partial charge on any atom is -0.481 e. The summed E-state index contributed by atoms with van der Waals surface area (Å²) in [5, 5.41) is 20.9. The molecule has 2 atom stereocenters. The highest BCUT2D eigenvalue weighted by Gasteiger charge is 2.25. The molecule has 0 bridgehead atoms. The van der Waals surface area contributed by atoms with Crippen molar-refractivity contribution in [1.82, 2.24) is 5.32 Å². The van der Waals surface area contributed by atoms with Crippen molar-refractivity contribution < 1.29 is 19.8 Å². The molecule has 1 aromatic carbocycles. The molecule has 1 rings (SSSR count). The first kappa shape index (κ1) is 17.1. The van der Waals surface area contributed by atoms with Gasteiger partial charge in [-0.25, -0.2) is 0 Å². The molecule has 116 valence electrons. The van der Waals surface area contributed by atoms with Gasteiger partial charge in [-0.15, -0.1) is 0 Å². The average molecular weight is 294 g/mol. The Bertz CT molecular complexity index is 474. The maximum absolute atomic E-state index is 11.8. The standard InChI is InChI=1S/C15H22N2O4/c1-15(21,9-13(18)19)10-17-14(20)12(16)8-7-11-5-3-2-4-6-11/h2-6,12,21H,7-10,16H2,1H3,(H,17,20)(H,18,19)/t12-,15?/m0/s1. The quantitative estimate of drug-likeness (QED) is 0.550. The summed E-state index contributed by atoms with van der Waals surface area (Å²) in [5.74, 6) is -1.51. The number of benzene rings is 1. The molecule has 0 spiro atoms. The zero-order chi connectivity index (χ0) is 15.9. The second kappa shape index (κ2) is 7.75. The average Bonchev–Trinajstić information content (AvgIpc) is 2.42. The van der Waals surface area contributed by atoms with Crippen LogP contribution in [0.4, 0.5) is 0 Å². The van der Waals surface area contributed by atoms with Crippen molar-refractivity contribution in [3.63, 3.8) is 0 Å². The number of rotatable bonds is 8. The van der Waals surface area contributed by atoms with Crippen LogP contribution in [0.25, 0.3) is 0 Å². The van der Waals surface area contributed by atoms with E-state index in [0.717, 1.165) is 5.56 Å². The van der Waals surface area contributed by atoms with E-state index in [-0.39, 0.29) is 6.54 Å². The lowest BCUT2D eigenvalue weighted by Crippen LogP contribution is -2.47. The zero-order valence-electron chi connectivity index (χ0n) is 12.1. The minimum atomic E-state index is -1.49. The summed E-state index contributed by atoms with van der Waals surface area (Å²) < 4.78 is 0. The number of carbonyl (C=O) groups is 2. The Morgan fingerprint density at radius 1 is 1.33 bits per heavy atom. The van der Waals surface area contributed by atoms with Crippen LogP contribution in [0.2, 0.25) is 0 Å². The molecule has 1 unspecified atom stereocenters. The highest BCUT2D eigenvalue weighted by atomic mass is 16.4. The van der Waals surface area contributed by atoms with Crippen LogP contribution in [0, 0.1) is 0 Å². The fourth-order valence-corrected chi connectivity index (χ4v) is 1.89. The first-order chi connectivity index (χ1) is 9.80. The van der Waals surface area contributed by atoms with Gasteiger partial charge in [-0.1, -0.05) is 30.3 Å². The molecular weight excluding hydrogens is 272 g/mol. The highest BCUT2D eigenvalue weighted by molar-refractivity contribution is 5.81. The fourth-order valence-electron chi connectivity index (χ4n) is 1.89. The fraction of sp³-hybridized carbons (Fsp3) is 0.467. The van der Waals surface area contributed by atoms with Crippen molar-refractivity contribution >= 4 is 11.9 Å². The Labute approximate surface area is 124 Å². The minimum absolute atomic E-state index is 0.142. The Morgan fingerprint density at radius 2 is 1.95 bits per heavy atom. The van der Waals surface area contributed by atoms with E-state index in [1.807, 2.05) is 30.3 Å². The van der Waals surface area contributed by atoms with Gasteiger partial charge in [0.05, 0.1) is 18.1 Å². The third-order valence-corrected chi connectivity index (χ3v) is 3.10. The van der Waals surface area contributed by atoms with Crippen LogP contribution in [0.5, 0.6) is 0 Å². The third-order valence-electron chi connectivity index (χ3n) is 3.10. The molecule has 0 saturated carbocycles. The van der Waals surface area contributed by atoms with Crippen LogP contribution in [0.15, 0.2) is 30.3 Å². The van der Waals surface area contributed by atoms with Crippen LogP contribution in [-0.2, 0) is 16.0 Å². The number of amides is 1. The van der Waals surface area contributed by atoms with E-state index in [0.29, 0.717) is 12.8 Å². The summed E-state index contributed by atoms with van der Waals surface area (Å²) in [5.41, 5.74) is 5.40. The summed E-state index contributed by atoms with van der Waals surface area (Å²) in [7, 11) is 0. The third kappa shape index (κ3) is 6.87. The van der Waals surface area contributed by atoms with Crippen LogP contribution in [-0.4, -0.2) is 40.3 Å². The van der Waals surface area contributed by atoms with Crippen LogP contribution < -0.4 is 11.1 Å². The van der Waals surface area contributed by atoms with Gasteiger partial charge in [0.15, 0.2) is 0 Å². The molecule has 0 aliphatic carbocycles. The maximum Gasteiger partial charge on any atom is 0.306 e. The van der Waals surface area contributed by atoms with Gasteiger partial charge in [-0.2, -0.15) is 0 Å². The summed E-state index contributed by atoms with van der Waals surface area (Å²) in [4.78, 5) is 22.4. The molecule has 0 radical (unpaired) electrons. The van der Waals surface area contributed by atoms with Crippen molar-refractivity contribution in [2.24, 2.45) is 5.73 Å². The van der Waals surface area contributed by atoms with Gasteiger partial charge in [0.25, 0.3) is 0 Å². The van der Waals surface area contributed by atoms with Crippen LogP contribution >= 0.6 is 0 Å². The molecule has 1 aromatic rings. The topological polar surface area (TPSA) is 113 Å². The molecule has 0 heterocycles. The number of aryl methyl sites for hydroxylation is 1. The number of carboxylic acids is 1. The lowest BCUT2D eigenvalue weighted by atomic mass is 10.0. The lowest BCUT2D eigenvalue weighted by molar-refractivity contribution is -0.142. The first-order valence-corrected chi connectivity index (χ1v) is 6.81. The Kier molecular flexibility index (Phi) is 6.33. The number of nitrogens with two attached hydrogens (primary N) is 1. The van der Waals surface area contributed by atoms with Crippen LogP contribution in [0.3, 0.4) is 0 Å². The summed E-state index contributed by atoms with van der Waals surface area (Å²) in [6.45, 7) is 1.22. The smallest absolute Gasteiger partial charge is 0.306 e. The first-order valence-electron chi connectivity index (χ1n) is 6.81. The van der Waals surface area contributed by atoms with E-state index in [9.17, 15) is 14.7 Å². The van der Waals surface area contributed by atoms with E-state index < -0.39 is 29.9 Å². The van der Waals surface area contributed by atoms with E-state index >= 15 is 0 Å². The van der Waals surface area contributed by atoms with Gasteiger partial charge in [-0.3, -0.25) is 9.59 Å². The summed E-state index contributed by atoms with van der Waals surface area (Å²) >= 11 is 0. The Balaban J connectivity index is 2.36. The zero-order valence-corrected chi connectivity index (χ0v) is 12.1. The van der Waals surface area contributed by atoms with Gasteiger partial charge >= 0.3 is 5.97 Å². The molecule has 21 heavy (non-hydrogen) atoms. The van der Waals surface area contributed by atoms with Gasteiger partial charge in [0, 0.05) is 6.54 Å². The normalized spacial score (nSPS) is 15.0. The Hall–Kier alpha value is -1.92. The van der Waals surface area contributed by atoms with Crippen molar-refractivity contribution in [3.8, 4) is 0 Å². The van der Waals surface area contributed by atoms with Gasteiger partial charge in [0.1, 0.15) is 0 Å². The summed E-state index contributed by atoms with van der Waals surface area (Å²) in [6, 6.07) is 8.99. The Morgan fingerprint density at radius 3 is 2.52 bits per heavy atom. The van der Waals surface area contributed by atoms with E-state index in [2.05, 4.69) is 5.32 Å². The van der Waals surface area contributed by atoms with Crippen LogP contribution in [0.1, 0.15) is 25.3 Å². The number of aliphatic hydroxyl groups is 1. The lowest BCUT2D eigenvalue weighted by Gasteiger charge is -2.22. The van der Waals surface area contributed by atoms with E-state index in [1.54, 1.807) is 0 Å². The number of aliphatic carboxylic acids is 1. The second-order valence-electron chi connectivity index (χ2n) is 5.42. The molecule has 1 amide bonds. The number of carboxylic acid groups (broad SMARTS) is 1. The predicted octanol–water partition coefficient (Wildman–Crippen LogP) is 0.288. The van der Waals surface area contributed by atoms with Crippen molar-refractivity contribution in [2.75, 3.05) is 6.54 Å². The molecule has 0 saturated heterocycles. The molecule has 0 aromatic heterocycles. The van der Waals surface area contributed by atoms with Crippen molar-refractivity contribution in [2.45, 2.75) is 37.8 Å². The molecular formula is C15H22N2O4. The number of nitrogens with one attached hydrogen (secondary N) is 1. The van der Waals surface area contributed by atoms with Crippen molar-refractivity contribution in [3.05, 3.63) is 35.9 Å². The highest BCUT2D eigenvalue weighted by Crippen LogP contribution is 2.08. The molecule has 0 aliphatic rings. The van der Waals surface area contributed by atoms with Gasteiger partial charge in [-0.05, 0) is 25.3 Å². The second-order valence-corrected chi connectivity index (χ2v) is 5.42. The monoisotopic (exact) mass is 294 g/mol. The molecule has 6 heteroatoms. The number of hydrogen-bond donors (Lipinski definition) is 4. The SMILES string of the molecule is CC(O)(CNC(=O)[C@@H](N)CCc1ccccc1)CC(=O)O. The van der Waals surface area contributed by atoms with Crippen molar-refractivity contribution in [1.29, 1.82) is 0 Å². The molecule has 0 fully saturated rings. The predicted molar refractivity (Wildman–Crippen MR) is 78.6 cm³/mol. The molecule has 6 nitrogen and oxygen atoms in total. The number of carbonyl (C=O) groups excluding carboxylic acids is 1. The number of hydrogen-bond acceptors (Lipinski definition) is 4. The van der Waals surface area contributed by atoms with Gasteiger partial charge < -0.3 is 21.3 Å². The maximum atomic E-state index is 11.8. The van der Waals surface area contributed by atoms with E-state index in [1.165, 1.54) is 6.92 Å². The van der Waals surface area contributed by atoms with Gasteiger partial charge in [0.2, 0.25) is 5.91 Å². The molecule has 0 aliphatic heterocycles. The molecule has 5 N–H and O–H groups in total. The van der Waals surface area contributed by atoms with E-state index in [4.69, 9.17) is 10.8 Å². The summed E-state index contributed by atoms with van der Waals surface area (Å²) in [6.07, 6.45) is 0.727. The largest absolute Gasteiger partial charge is 0.481 e.